The van der Waals surface area contributed by atoms with E-state index in [9.17, 15) is 9.59 Å². The minimum atomic E-state index is -0.758. The Hall–Kier alpha value is -2.57. The number of aromatic nitrogens is 1. The number of nitrogens with zero attached hydrogens (tertiary/aromatic N) is 1. The van der Waals surface area contributed by atoms with E-state index in [0.717, 1.165) is 0 Å². The highest BCUT2D eigenvalue weighted by Gasteiger charge is 2.20. The molecule has 0 fully saturated rings. The fourth-order valence-corrected chi connectivity index (χ4v) is 1.51. The fourth-order valence-electron chi connectivity index (χ4n) is 1.51. The van der Waals surface area contributed by atoms with E-state index in [2.05, 4.69) is 10.5 Å². The van der Waals surface area contributed by atoms with Crippen LogP contribution in [-0.2, 0) is 9.53 Å². The molecule has 0 aliphatic carbocycles. The third-order valence-corrected chi connectivity index (χ3v) is 2.49. The molecule has 0 aromatic carbocycles. The number of ether oxygens (including phenoxy) is 1. The maximum absolute atomic E-state index is 11.9. The van der Waals surface area contributed by atoms with Gasteiger partial charge in [0.2, 0.25) is 5.76 Å². The Bertz CT molecular complexity index is 588. The fraction of sp³-hybridized carbons (Fsp3) is 0.308. The zero-order chi connectivity index (χ0) is 14.5. The molecule has 0 aliphatic heterocycles. The zero-order valence-electron chi connectivity index (χ0n) is 11.1. The van der Waals surface area contributed by atoms with E-state index in [0.29, 0.717) is 11.5 Å². The lowest BCUT2D eigenvalue weighted by Crippen LogP contribution is -2.39. The van der Waals surface area contributed by atoms with E-state index in [-0.39, 0.29) is 12.3 Å². The number of carbonyl (C=O) groups is 2. The highest BCUT2D eigenvalue weighted by Crippen LogP contribution is 2.20. The van der Waals surface area contributed by atoms with Gasteiger partial charge in [0.1, 0.15) is 6.04 Å². The molecule has 2 heterocycles. The largest absolute Gasteiger partial charge is 0.464 e. The molecule has 106 valence electrons. The zero-order valence-corrected chi connectivity index (χ0v) is 11.1. The first kappa shape index (κ1) is 13.9. The minimum Gasteiger partial charge on any atom is -0.464 e. The monoisotopic (exact) mass is 278 g/mol. The third-order valence-electron chi connectivity index (χ3n) is 2.49. The molecule has 20 heavy (non-hydrogen) atoms. The average Bonchev–Trinajstić information content (AvgIpc) is 3.09. The second-order valence-corrected chi connectivity index (χ2v) is 4.00. The van der Waals surface area contributed by atoms with Gasteiger partial charge in [0.25, 0.3) is 5.91 Å². The lowest BCUT2D eigenvalue weighted by atomic mass is 10.2. The number of nitrogens with one attached hydrogen (secondary N) is 1. The van der Waals surface area contributed by atoms with E-state index in [1.807, 2.05) is 0 Å². The Kier molecular flexibility index (Phi) is 4.19. The third kappa shape index (κ3) is 3.05. The molecule has 0 saturated heterocycles. The Morgan fingerprint density at radius 1 is 1.45 bits per heavy atom. The Morgan fingerprint density at radius 2 is 2.25 bits per heavy atom. The van der Waals surface area contributed by atoms with Gasteiger partial charge in [-0.3, -0.25) is 4.79 Å². The normalized spacial score (nSPS) is 11.9. The molecule has 2 aromatic heterocycles. The molecular formula is C13H14N2O5. The van der Waals surface area contributed by atoms with Crippen LogP contribution >= 0.6 is 0 Å². The molecule has 2 rings (SSSR count). The van der Waals surface area contributed by atoms with Crippen molar-refractivity contribution < 1.29 is 23.3 Å². The first-order chi connectivity index (χ1) is 9.61. The molecule has 1 amide bonds. The van der Waals surface area contributed by atoms with Crippen LogP contribution in [-0.4, -0.2) is 29.7 Å². The number of hydrogen-bond acceptors (Lipinski definition) is 6. The van der Waals surface area contributed by atoms with Gasteiger partial charge in [-0.15, -0.1) is 0 Å². The number of carbonyl (C=O) groups excluding carboxylic acids is 2. The van der Waals surface area contributed by atoms with Crippen LogP contribution in [0, 0.1) is 0 Å². The van der Waals surface area contributed by atoms with Gasteiger partial charge in [0.15, 0.2) is 11.5 Å². The van der Waals surface area contributed by atoms with E-state index < -0.39 is 17.9 Å². The van der Waals surface area contributed by atoms with Gasteiger partial charge in [-0.05, 0) is 26.0 Å². The highest BCUT2D eigenvalue weighted by atomic mass is 16.5. The summed E-state index contributed by atoms with van der Waals surface area (Å²) in [6.07, 6.45) is 1.49. The predicted octanol–water partition coefficient (Wildman–Crippen LogP) is 1.62. The van der Waals surface area contributed by atoms with Crippen LogP contribution in [0.5, 0.6) is 0 Å². The van der Waals surface area contributed by atoms with E-state index in [4.69, 9.17) is 13.7 Å². The molecule has 7 heteroatoms. The van der Waals surface area contributed by atoms with E-state index >= 15 is 0 Å². The molecule has 1 atom stereocenters. The number of amides is 1. The smallest absolute Gasteiger partial charge is 0.328 e. The summed E-state index contributed by atoms with van der Waals surface area (Å²) in [6.45, 7) is 3.48. The van der Waals surface area contributed by atoms with Crippen molar-refractivity contribution in [2.24, 2.45) is 0 Å². The molecule has 0 radical (unpaired) electrons. The summed E-state index contributed by atoms with van der Waals surface area (Å²) in [7, 11) is 0. The topological polar surface area (TPSA) is 94.6 Å². The van der Waals surface area contributed by atoms with Crippen molar-refractivity contribution >= 4 is 11.9 Å². The van der Waals surface area contributed by atoms with Crippen molar-refractivity contribution in [2.45, 2.75) is 19.9 Å². The van der Waals surface area contributed by atoms with Crippen LogP contribution in [0.3, 0.4) is 0 Å². The van der Waals surface area contributed by atoms with Gasteiger partial charge in [-0.25, -0.2) is 4.79 Å². The molecule has 1 N–H and O–H groups in total. The predicted molar refractivity (Wildman–Crippen MR) is 67.8 cm³/mol. The van der Waals surface area contributed by atoms with Gasteiger partial charge < -0.3 is 19.0 Å². The minimum absolute atomic E-state index is 0.0625. The van der Waals surface area contributed by atoms with Gasteiger partial charge in [-0.1, -0.05) is 5.16 Å². The number of furan rings is 1. The second-order valence-electron chi connectivity index (χ2n) is 4.00. The Balaban J connectivity index is 2.01. The molecule has 0 bridgehead atoms. The van der Waals surface area contributed by atoms with Gasteiger partial charge in [-0.2, -0.15) is 0 Å². The van der Waals surface area contributed by atoms with E-state index in [1.165, 1.54) is 19.3 Å². The SMILES string of the molecule is CCOC(=O)C(C)NC(=O)c1cc(-c2ccco2)on1. The Labute approximate surface area is 114 Å². The maximum Gasteiger partial charge on any atom is 0.328 e. The van der Waals surface area contributed by atoms with Crippen molar-refractivity contribution in [1.82, 2.24) is 10.5 Å². The lowest BCUT2D eigenvalue weighted by Gasteiger charge is -2.10. The molecule has 7 nitrogen and oxygen atoms in total. The highest BCUT2D eigenvalue weighted by molar-refractivity contribution is 5.95. The average molecular weight is 278 g/mol. The second kappa shape index (κ2) is 6.05. The summed E-state index contributed by atoms with van der Waals surface area (Å²) in [5.74, 6) is -0.221. The van der Waals surface area contributed by atoms with Gasteiger partial charge >= 0.3 is 5.97 Å². The van der Waals surface area contributed by atoms with Gasteiger partial charge in [0.05, 0.1) is 12.9 Å². The summed E-state index contributed by atoms with van der Waals surface area (Å²) in [6, 6.07) is 4.06. The van der Waals surface area contributed by atoms with Crippen LogP contribution in [0.25, 0.3) is 11.5 Å². The van der Waals surface area contributed by atoms with Crippen LogP contribution in [0.4, 0.5) is 0 Å². The summed E-state index contributed by atoms with van der Waals surface area (Å²) in [5.41, 5.74) is 0.0625. The van der Waals surface area contributed by atoms with Crippen LogP contribution < -0.4 is 5.32 Å². The summed E-state index contributed by atoms with van der Waals surface area (Å²) < 4.78 is 14.9. The van der Waals surface area contributed by atoms with Crippen LogP contribution in [0.1, 0.15) is 24.3 Å². The number of hydrogen-bond donors (Lipinski definition) is 1. The molecule has 1 unspecified atom stereocenters. The van der Waals surface area contributed by atoms with Crippen molar-refractivity contribution in [3.8, 4) is 11.5 Å². The first-order valence-electron chi connectivity index (χ1n) is 6.10. The van der Waals surface area contributed by atoms with E-state index in [1.54, 1.807) is 19.1 Å². The number of rotatable bonds is 5. The molecular weight excluding hydrogens is 264 g/mol. The summed E-state index contributed by atoms with van der Waals surface area (Å²) in [5, 5.41) is 6.10. The molecule has 0 saturated carbocycles. The number of esters is 1. The molecule has 0 aliphatic rings. The van der Waals surface area contributed by atoms with Crippen LogP contribution in [0.2, 0.25) is 0 Å². The van der Waals surface area contributed by atoms with Gasteiger partial charge in [0, 0.05) is 6.07 Å². The summed E-state index contributed by atoms with van der Waals surface area (Å²) in [4.78, 5) is 23.3. The Morgan fingerprint density at radius 3 is 2.90 bits per heavy atom. The maximum atomic E-state index is 11.9. The standard InChI is InChI=1S/C13H14N2O5/c1-3-18-13(17)8(2)14-12(16)9-7-11(20-15-9)10-5-4-6-19-10/h4-8H,3H2,1-2H3,(H,14,16). The van der Waals surface area contributed by atoms with Crippen molar-refractivity contribution in [1.29, 1.82) is 0 Å². The van der Waals surface area contributed by atoms with Crippen molar-refractivity contribution in [3.63, 3.8) is 0 Å². The quantitative estimate of drug-likeness (QED) is 0.835. The van der Waals surface area contributed by atoms with Crippen molar-refractivity contribution in [2.75, 3.05) is 6.61 Å². The lowest BCUT2D eigenvalue weighted by molar-refractivity contribution is -0.144. The first-order valence-corrected chi connectivity index (χ1v) is 6.10. The molecule has 0 spiro atoms. The van der Waals surface area contributed by atoms with Crippen LogP contribution in [0.15, 0.2) is 33.4 Å². The molecule has 2 aromatic rings. The van der Waals surface area contributed by atoms with Crippen molar-refractivity contribution in [3.05, 3.63) is 30.2 Å². The summed E-state index contributed by atoms with van der Waals surface area (Å²) >= 11 is 0.